The Morgan fingerprint density at radius 2 is 1.06 bits per heavy atom. The zero-order chi connectivity index (χ0) is 41.9. The van der Waals surface area contributed by atoms with Gasteiger partial charge in [-0.25, -0.2) is 0 Å². The molecule has 10 aromatic rings. The highest BCUT2D eigenvalue weighted by Gasteiger charge is 2.27. The lowest BCUT2D eigenvalue weighted by Gasteiger charge is -2.20. The minimum Gasteiger partial charge on any atom is -0.307 e. The number of hydrogen-bond donors (Lipinski definition) is 0. The summed E-state index contributed by atoms with van der Waals surface area (Å²) in [5.41, 5.74) is 19.9. The second kappa shape index (κ2) is 15.3. The highest BCUT2D eigenvalue weighted by molar-refractivity contribution is 6.16. The molecule has 0 saturated carbocycles. The Hall–Kier alpha value is -7.82. The van der Waals surface area contributed by atoms with Crippen molar-refractivity contribution in [2.75, 3.05) is 0 Å². The predicted octanol–water partition coefficient (Wildman–Crippen LogP) is 14.9. The van der Waals surface area contributed by atoms with Crippen LogP contribution in [-0.4, -0.2) is 19.1 Å². The van der Waals surface area contributed by atoms with Gasteiger partial charge in [0.25, 0.3) is 0 Å². The smallest absolute Gasteiger partial charge is 0.0948 e. The van der Waals surface area contributed by atoms with Crippen LogP contribution in [0, 0.1) is 5.92 Å². The summed E-state index contributed by atoms with van der Waals surface area (Å²) in [4.78, 5) is 10.1. The molecule has 4 aromatic heterocycles. The van der Waals surface area contributed by atoms with Gasteiger partial charge in [-0.1, -0.05) is 165 Å². The summed E-state index contributed by atoms with van der Waals surface area (Å²) in [5.74, 6) is 0.519. The topological polar surface area (TPSA) is 35.6 Å². The maximum Gasteiger partial charge on any atom is 0.0948 e. The van der Waals surface area contributed by atoms with E-state index in [9.17, 15) is 0 Å². The van der Waals surface area contributed by atoms with Gasteiger partial charge >= 0.3 is 0 Å². The van der Waals surface area contributed by atoms with Gasteiger partial charge in [-0.15, -0.1) is 0 Å². The molecule has 4 heteroatoms. The van der Waals surface area contributed by atoms with Gasteiger partial charge in [-0.05, 0) is 95.0 Å². The van der Waals surface area contributed by atoms with Crippen molar-refractivity contribution in [1.29, 1.82) is 0 Å². The van der Waals surface area contributed by atoms with Crippen molar-refractivity contribution in [1.82, 2.24) is 19.1 Å². The molecule has 2 aliphatic carbocycles. The molecule has 0 aliphatic heterocycles. The summed E-state index contributed by atoms with van der Waals surface area (Å²) < 4.78 is 4.92. The first-order chi connectivity index (χ1) is 31.2. The van der Waals surface area contributed by atoms with Crippen LogP contribution >= 0.6 is 0 Å². The molecule has 0 spiro atoms. The number of aromatic nitrogens is 4. The molecule has 300 valence electrons. The molecular weight excluding hydrogens is 765 g/mol. The predicted molar refractivity (Wildman–Crippen MR) is 262 cm³/mol. The first-order valence-corrected chi connectivity index (χ1v) is 22.1. The third kappa shape index (κ3) is 6.21. The largest absolute Gasteiger partial charge is 0.307 e. The summed E-state index contributed by atoms with van der Waals surface area (Å²) in [6, 6.07) is 61.5. The fourth-order valence-electron chi connectivity index (χ4n) is 10.1. The Bertz CT molecular complexity index is 3440. The van der Waals surface area contributed by atoms with Crippen LogP contribution in [0.4, 0.5) is 0 Å². The van der Waals surface area contributed by atoms with Gasteiger partial charge in [0.15, 0.2) is 0 Å². The molecule has 0 amide bonds. The summed E-state index contributed by atoms with van der Waals surface area (Å²) in [5, 5.41) is 3.69. The molecule has 2 aliphatic rings. The van der Waals surface area contributed by atoms with Gasteiger partial charge in [0.05, 0.1) is 33.6 Å². The van der Waals surface area contributed by atoms with E-state index >= 15 is 0 Å². The van der Waals surface area contributed by atoms with Crippen LogP contribution < -0.4 is 0 Å². The van der Waals surface area contributed by atoms with E-state index < -0.39 is 0 Å². The van der Waals surface area contributed by atoms with Crippen LogP contribution in [0.5, 0.6) is 0 Å². The maximum absolute atomic E-state index is 5.07. The Morgan fingerprint density at radius 3 is 1.73 bits per heavy atom. The minimum atomic E-state index is 0.519. The van der Waals surface area contributed by atoms with Gasteiger partial charge < -0.3 is 9.13 Å². The molecular formula is C59H44N4. The number of rotatable bonds is 7. The van der Waals surface area contributed by atoms with Crippen molar-refractivity contribution in [3.8, 4) is 44.9 Å². The van der Waals surface area contributed by atoms with Crippen molar-refractivity contribution in [2.24, 2.45) is 5.92 Å². The fourth-order valence-corrected chi connectivity index (χ4v) is 10.1. The summed E-state index contributed by atoms with van der Waals surface area (Å²) >= 11 is 0. The van der Waals surface area contributed by atoms with Crippen molar-refractivity contribution >= 4 is 43.9 Å². The number of fused-ring (bicyclic) bond motifs is 6. The molecule has 0 saturated heterocycles. The normalized spacial score (nSPS) is 14.8. The van der Waals surface area contributed by atoms with Crippen molar-refractivity contribution < 1.29 is 0 Å². The SMILES string of the molecule is CC1C=CC(c2nccc3c4cccc(-c5ccccc5)c4n(-c4ccc(-c5ccc(-n6c7c(c8ccnc(-c9ccccc9)c86)CCC=C7c6ccccc6)cc5)cc4)c23)=CC1. The van der Waals surface area contributed by atoms with Gasteiger partial charge in [0, 0.05) is 56.6 Å². The van der Waals surface area contributed by atoms with Gasteiger partial charge in [-0.2, -0.15) is 0 Å². The molecule has 0 fully saturated rings. The molecule has 0 radical (unpaired) electrons. The average molecular weight is 809 g/mol. The Morgan fingerprint density at radius 1 is 0.476 bits per heavy atom. The standard InChI is InChI=1S/C59H44N4/c1-39-23-25-45(26-24-39)55-59-53(36-38-61-55)51-22-12-20-49(43-15-7-3-8-16-43)57(51)63(59)47-33-29-41(30-34-47)40-27-31-46(32-28-40)62-56-48(42-13-5-2-6-14-42)19-11-21-50(56)52-35-37-60-54(58(52)62)44-17-9-4-10-18-44/h2-10,12-20,22-23,25-39H,11,21,24H2,1H3. The number of aryl methyl sites for hydroxylation is 1. The van der Waals surface area contributed by atoms with E-state index in [2.05, 4.69) is 210 Å². The first kappa shape index (κ1) is 37.0. The molecule has 63 heavy (non-hydrogen) atoms. The Labute approximate surface area is 367 Å². The van der Waals surface area contributed by atoms with Crippen molar-refractivity contribution in [3.05, 3.63) is 229 Å². The number of hydrogen-bond acceptors (Lipinski definition) is 2. The van der Waals surface area contributed by atoms with Crippen LogP contribution in [-0.2, 0) is 6.42 Å². The first-order valence-electron chi connectivity index (χ1n) is 22.1. The van der Waals surface area contributed by atoms with E-state index in [1.165, 1.54) is 60.8 Å². The molecule has 0 bridgehead atoms. The summed E-state index contributed by atoms with van der Waals surface area (Å²) in [6.07, 6.45) is 16.3. The lowest BCUT2D eigenvalue weighted by Crippen LogP contribution is -2.06. The Kier molecular flexibility index (Phi) is 8.96. The van der Waals surface area contributed by atoms with Crippen molar-refractivity contribution in [3.63, 3.8) is 0 Å². The van der Waals surface area contributed by atoms with E-state index in [1.807, 2.05) is 12.4 Å². The highest BCUT2D eigenvalue weighted by atomic mass is 15.0. The van der Waals surface area contributed by atoms with Crippen LogP contribution in [0.1, 0.15) is 42.3 Å². The lowest BCUT2D eigenvalue weighted by molar-refractivity contribution is 0.739. The van der Waals surface area contributed by atoms with E-state index in [0.717, 1.165) is 69.7 Å². The van der Waals surface area contributed by atoms with Crippen LogP contribution in [0.2, 0.25) is 0 Å². The molecule has 1 atom stereocenters. The highest BCUT2D eigenvalue weighted by Crippen LogP contribution is 2.44. The van der Waals surface area contributed by atoms with Crippen LogP contribution in [0.15, 0.2) is 207 Å². The fraction of sp³-hybridized carbons (Fsp3) is 0.0847. The zero-order valence-corrected chi connectivity index (χ0v) is 35.1. The summed E-state index contributed by atoms with van der Waals surface area (Å²) in [7, 11) is 0. The van der Waals surface area contributed by atoms with E-state index in [1.54, 1.807) is 0 Å². The molecule has 4 heterocycles. The number of benzene rings is 6. The van der Waals surface area contributed by atoms with E-state index in [0.29, 0.717) is 5.92 Å². The molecule has 12 rings (SSSR count). The number of para-hydroxylation sites is 1. The van der Waals surface area contributed by atoms with Crippen molar-refractivity contribution in [2.45, 2.75) is 26.2 Å². The molecule has 6 aromatic carbocycles. The monoisotopic (exact) mass is 808 g/mol. The van der Waals surface area contributed by atoms with E-state index in [4.69, 9.17) is 9.97 Å². The average Bonchev–Trinajstić information content (AvgIpc) is 3.89. The van der Waals surface area contributed by atoms with Crippen LogP contribution in [0.25, 0.3) is 88.7 Å². The van der Waals surface area contributed by atoms with Gasteiger partial charge in [0.1, 0.15) is 0 Å². The van der Waals surface area contributed by atoms with E-state index in [-0.39, 0.29) is 0 Å². The zero-order valence-electron chi connectivity index (χ0n) is 35.1. The molecule has 1 unspecified atom stereocenters. The molecule has 0 N–H and O–H groups in total. The third-order valence-electron chi connectivity index (χ3n) is 13.1. The maximum atomic E-state index is 5.07. The summed E-state index contributed by atoms with van der Waals surface area (Å²) in [6.45, 7) is 2.27. The molecule has 4 nitrogen and oxygen atoms in total. The second-order valence-electron chi connectivity index (χ2n) is 16.9. The van der Waals surface area contributed by atoms with Crippen LogP contribution in [0.3, 0.4) is 0 Å². The number of allylic oxidation sites excluding steroid dienone is 5. The Balaban J connectivity index is 0.998. The third-order valence-corrected chi connectivity index (χ3v) is 13.1. The minimum absolute atomic E-state index is 0.519. The van der Waals surface area contributed by atoms with Gasteiger partial charge in [0.2, 0.25) is 0 Å². The quantitative estimate of drug-likeness (QED) is 0.161. The number of nitrogens with zero attached hydrogens (tertiary/aromatic N) is 4. The lowest BCUT2D eigenvalue weighted by atomic mass is 9.90. The van der Waals surface area contributed by atoms with Gasteiger partial charge in [-0.3, -0.25) is 9.97 Å². The second-order valence-corrected chi connectivity index (χ2v) is 16.9. The number of pyridine rings is 2.